The predicted octanol–water partition coefficient (Wildman–Crippen LogP) is 3.33. The van der Waals surface area contributed by atoms with Gasteiger partial charge in [0, 0.05) is 18.2 Å². The molecule has 1 aliphatic rings. The quantitative estimate of drug-likeness (QED) is 0.702. The fourth-order valence-corrected chi connectivity index (χ4v) is 2.70. The van der Waals surface area contributed by atoms with Crippen LogP contribution in [-0.2, 0) is 0 Å². The molecule has 3 N–H and O–H groups in total. The third-order valence-electron chi connectivity index (χ3n) is 4.43. The minimum atomic E-state index is 0.0566. The van der Waals surface area contributed by atoms with E-state index in [1.165, 1.54) is 31.7 Å². The van der Waals surface area contributed by atoms with E-state index < -0.39 is 0 Å². The van der Waals surface area contributed by atoms with E-state index in [2.05, 4.69) is 12.2 Å². The van der Waals surface area contributed by atoms with Gasteiger partial charge in [-0.05, 0) is 49.8 Å². The fourth-order valence-electron chi connectivity index (χ4n) is 2.70. The van der Waals surface area contributed by atoms with Crippen molar-refractivity contribution in [3.63, 3.8) is 0 Å². The summed E-state index contributed by atoms with van der Waals surface area (Å²) in [6.07, 6.45) is 5.14. The van der Waals surface area contributed by atoms with Gasteiger partial charge in [-0.1, -0.05) is 13.3 Å². The summed E-state index contributed by atoms with van der Waals surface area (Å²) in [4.78, 5) is 0. The highest BCUT2D eigenvalue weighted by atomic mass is 16.3. The number of nitrogens with one attached hydrogen (secondary N) is 1. The molecule has 3 nitrogen and oxygen atoms in total. The van der Waals surface area contributed by atoms with Crippen molar-refractivity contribution in [1.29, 1.82) is 0 Å². The van der Waals surface area contributed by atoms with Crippen LogP contribution in [0, 0.1) is 5.41 Å². The Balaban J connectivity index is 1.99. The fraction of sp³-hybridized carbons (Fsp3) is 0.600. The molecule has 1 atom stereocenters. The normalized spacial score (nSPS) is 19.2. The van der Waals surface area contributed by atoms with Gasteiger partial charge in [-0.2, -0.15) is 0 Å². The lowest BCUT2D eigenvalue weighted by Gasteiger charge is -2.42. The van der Waals surface area contributed by atoms with E-state index in [-0.39, 0.29) is 17.5 Å². The highest BCUT2D eigenvalue weighted by Gasteiger charge is 2.35. The van der Waals surface area contributed by atoms with Crippen LogP contribution in [0.15, 0.2) is 18.2 Å². The Morgan fingerprint density at radius 3 is 2.61 bits per heavy atom. The highest BCUT2D eigenvalue weighted by molar-refractivity contribution is 5.40. The standard InChI is InChI=1S/C15H23NO2/c1-3-15(7-4-8-15)10-16-11(2)13-9-12(17)5-6-14(13)18/h5-6,9,11,16-18H,3-4,7-8,10H2,1-2H3. The first-order valence-corrected chi connectivity index (χ1v) is 6.81. The van der Waals surface area contributed by atoms with Crippen molar-refractivity contribution in [2.45, 2.75) is 45.6 Å². The minimum Gasteiger partial charge on any atom is -0.508 e. The van der Waals surface area contributed by atoms with E-state index >= 15 is 0 Å². The van der Waals surface area contributed by atoms with Gasteiger partial charge in [-0.15, -0.1) is 0 Å². The van der Waals surface area contributed by atoms with Crippen LogP contribution < -0.4 is 5.32 Å². The molecule has 100 valence electrons. The van der Waals surface area contributed by atoms with Crippen LogP contribution in [0.3, 0.4) is 0 Å². The second-order valence-corrected chi connectivity index (χ2v) is 5.55. The Bertz CT molecular complexity index is 407. The van der Waals surface area contributed by atoms with Crippen molar-refractivity contribution in [2.75, 3.05) is 6.54 Å². The molecule has 0 spiro atoms. The SMILES string of the molecule is CCC1(CNC(C)c2cc(O)ccc2O)CCC1. The number of aromatic hydroxyl groups is 2. The van der Waals surface area contributed by atoms with Gasteiger partial charge < -0.3 is 15.5 Å². The van der Waals surface area contributed by atoms with Crippen LogP contribution >= 0.6 is 0 Å². The molecule has 1 saturated carbocycles. The zero-order chi connectivity index (χ0) is 13.2. The summed E-state index contributed by atoms with van der Waals surface area (Å²) < 4.78 is 0. The molecule has 1 fully saturated rings. The third-order valence-corrected chi connectivity index (χ3v) is 4.43. The van der Waals surface area contributed by atoms with Gasteiger partial charge in [-0.25, -0.2) is 0 Å². The van der Waals surface area contributed by atoms with Crippen LogP contribution in [0.25, 0.3) is 0 Å². The molecular formula is C15H23NO2. The first kappa shape index (κ1) is 13.2. The maximum Gasteiger partial charge on any atom is 0.120 e. The van der Waals surface area contributed by atoms with Crippen LogP contribution in [0.4, 0.5) is 0 Å². The summed E-state index contributed by atoms with van der Waals surface area (Å²) in [6.45, 7) is 5.26. The van der Waals surface area contributed by atoms with Crippen molar-refractivity contribution in [1.82, 2.24) is 5.32 Å². The van der Waals surface area contributed by atoms with E-state index in [9.17, 15) is 10.2 Å². The Morgan fingerprint density at radius 2 is 2.06 bits per heavy atom. The average molecular weight is 249 g/mol. The largest absolute Gasteiger partial charge is 0.508 e. The van der Waals surface area contributed by atoms with Crippen molar-refractivity contribution in [3.05, 3.63) is 23.8 Å². The Kier molecular flexibility index (Phi) is 3.81. The van der Waals surface area contributed by atoms with Crippen LogP contribution in [-0.4, -0.2) is 16.8 Å². The maximum absolute atomic E-state index is 9.81. The summed E-state index contributed by atoms with van der Waals surface area (Å²) in [5.74, 6) is 0.442. The number of phenols is 2. The number of hydrogen-bond donors (Lipinski definition) is 3. The van der Waals surface area contributed by atoms with E-state index in [0.717, 1.165) is 12.1 Å². The zero-order valence-electron chi connectivity index (χ0n) is 11.2. The van der Waals surface area contributed by atoms with Gasteiger partial charge in [0.15, 0.2) is 0 Å². The van der Waals surface area contributed by atoms with Gasteiger partial charge in [0.1, 0.15) is 11.5 Å². The molecule has 0 aromatic heterocycles. The summed E-state index contributed by atoms with van der Waals surface area (Å²) in [5.41, 5.74) is 1.22. The molecule has 1 aliphatic carbocycles. The molecule has 0 aliphatic heterocycles. The van der Waals surface area contributed by atoms with Crippen molar-refractivity contribution >= 4 is 0 Å². The van der Waals surface area contributed by atoms with Gasteiger partial charge >= 0.3 is 0 Å². The van der Waals surface area contributed by atoms with Crippen molar-refractivity contribution < 1.29 is 10.2 Å². The van der Waals surface area contributed by atoms with Crippen molar-refractivity contribution in [3.8, 4) is 11.5 Å². The van der Waals surface area contributed by atoms with Crippen LogP contribution in [0.5, 0.6) is 11.5 Å². The average Bonchev–Trinajstić information content (AvgIpc) is 2.31. The lowest BCUT2D eigenvalue weighted by molar-refractivity contribution is 0.120. The molecule has 0 saturated heterocycles. The number of hydrogen-bond acceptors (Lipinski definition) is 3. The Hall–Kier alpha value is -1.22. The second-order valence-electron chi connectivity index (χ2n) is 5.55. The zero-order valence-corrected chi connectivity index (χ0v) is 11.2. The monoisotopic (exact) mass is 249 g/mol. The first-order chi connectivity index (χ1) is 8.56. The van der Waals surface area contributed by atoms with Gasteiger partial charge in [-0.3, -0.25) is 0 Å². The van der Waals surface area contributed by atoms with Crippen molar-refractivity contribution in [2.24, 2.45) is 5.41 Å². The lowest BCUT2D eigenvalue weighted by Crippen LogP contribution is -2.40. The summed E-state index contributed by atoms with van der Waals surface area (Å²) in [5, 5.41) is 22.8. The summed E-state index contributed by atoms with van der Waals surface area (Å²) in [7, 11) is 0. The lowest BCUT2D eigenvalue weighted by atomic mass is 9.67. The van der Waals surface area contributed by atoms with E-state index in [4.69, 9.17) is 0 Å². The molecular weight excluding hydrogens is 226 g/mol. The smallest absolute Gasteiger partial charge is 0.120 e. The third kappa shape index (κ3) is 2.61. The molecule has 1 unspecified atom stereocenters. The second kappa shape index (κ2) is 5.19. The molecule has 1 aromatic carbocycles. The van der Waals surface area contributed by atoms with E-state index in [1.807, 2.05) is 6.92 Å². The predicted molar refractivity (Wildman–Crippen MR) is 72.8 cm³/mol. The molecule has 0 heterocycles. The summed E-state index contributed by atoms with van der Waals surface area (Å²) >= 11 is 0. The van der Waals surface area contributed by atoms with Gasteiger partial charge in [0.2, 0.25) is 0 Å². The molecule has 2 rings (SSSR count). The minimum absolute atomic E-state index is 0.0566. The van der Waals surface area contributed by atoms with E-state index in [0.29, 0.717) is 5.41 Å². The van der Waals surface area contributed by atoms with Crippen LogP contribution in [0.2, 0.25) is 0 Å². The van der Waals surface area contributed by atoms with E-state index in [1.54, 1.807) is 12.1 Å². The van der Waals surface area contributed by atoms with Gasteiger partial charge in [0.05, 0.1) is 0 Å². The molecule has 0 bridgehead atoms. The first-order valence-electron chi connectivity index (χ1n) is 6.81. The molecule has 0 amide bonds. The molecule has 3 heteroatoms. The Labute approximate surface area is 109 Å². The highest BCUT2D eigenvalue weighted by Crippen LogP contribution is 2.43. The van der Waals surface area contributed by atoms with Gasteiger partial charge in [0.25, 0.3) is 0 Å². The summed E-state index contributed by atoms with van der Waals surface area (Å²) in [6, 6.07) is 4.74. The van der Waals surface area contributed by atoms with Crippen LogP contribution in [0.1, 0.15) is 51.1 Å². The molecule has 1 aromatic rings. The maximum atomic E-state index is 9.81. The number of phenolic OH excluding ortho intramolecular Hbond substituents is 2. The number of benzene rings is 1. The molecule has 18 heavy (non-hydrogen) atoms. The topological polar surface area (TPSA) is 52.5 Å². The Morgan fingerprint density at radius 1 is 1.33 bits per heavy atom. The number of rotatable bonds is 5. The molecule has 0 radical (unpaired) electrons.